The largest absolute Gasteiger partial charge is 0.493 e. The van der Waals surface area contributed by atoms with Crippen LogP contribution in [0.15, 0.2) is 12.1 Å². The molecule has 0 radical (unpaired) electrons. The molecule has 0 amide bonds. The van der Waals surface area contributed by atoms with Crippen LogP contribution in [0, 0.1) is 0 Å². The van der Waals surface area contributed by atoms with E-state index in [1.807, 2.05) is 12.1 Å². The van der Waals surface area contributed by atoms with Gasteiger partial charge in [0.05, 0.1) is 14.2 Å². The van der Waals surface area contributed by atoms with Gasteiger partial charge in [0.25, 0.3) is 0 Å². The average molecular weight is 294 g/mol. The van der Waals surface area contributed by atoms with E-state index in [9.17, 15) is 0 Å². The second-order valence-electron chi connectivity index (χ2n) is 5.28. The lowest BCUT2D eigenvalue weighted by molar-refractivity contribution is 0.177. The Kier molecular flexibility index (Phi) is 6.14. The van der Waals surface area contributed by atoms with E-state index in [0.29, 0.717) is 30.4 Å². The van der Waals surface area contributed by atoms with Gasteiger partial charge in [-0.15, -0.1) is 0 Å². The van der Waals surface area contributed by atoms with Gasteiger partial charge >= 0.3 is 0 Å². The third-order valence-electron chi connectivity index (χ3n) is 3.86. The number of hydrogen-bond acceptors (Lipinski definition) is 5. The van der Waals surface area contributed by atoms with Crippen molar-refractivity contribution >= 4 is 0 Å². The van der Waals surface area contributed by atoms with Crippen LogP contribution < -0.4 is 19.9 Å². The van der Waals surface area contributed by atoms with Gasteiger partial charge in [0.1, 0.15) is 6.61 Å². The van der Waals surface area contributed by atoms with Crippen molar-refractivity contribution in [3.05, 3.63) is 17.7 Å². The number of piperidine rings is 1. The number of ether oxygens (including phenoxy) is 3. The zero-order chi connectivity index (χ0) is 15.1. The smallest absolute Gasteiger partial charge is 0.203 e. The van der Waals surface area contributed by atoms with Crippen LogP contribution in [0.25, 0.3) is 0 Å². The van der Waals surface area contributed by atoms with E-state index in [2.05, 4.69) is 4.90 Å². The first-order valence-corrected chi connectivity index (χ1v) is 7.58. The maximum Gasteiger partial charge on any atom is 0.203 e. The summed E-state index contributed by atoms with van der Waals surface area (Å²) in [6.45, 7) is 4.36. The Balaban J connectivity index is 2.00. The summed E-state index contributed by atoms with van der Waals surface area (Å²) in [7, 11) is 3.26. The number of likely N-dealkylation sites (tertiary alicyclic amines) is 1. The molecule has 0 bridgehead atoms. The highest BCUT2D eigenvalue weighted by Gasteiger charge is 2.15. The highest BCUT2D eigenvalue weighted by atomic mass is 16.5. The molecule has 0 saturated carbocycles. The Bertz CT molecular complexity index is 420. The summed E-state index contributed by atoms with van der Waals surface area (Å²) in [5, 5.41) is 0. The molecule has 0 atom stereocenters. The normalized spacial score (nSPS) is 15.8. The fraction of sp³-hybridized carbons (Fsp3) is 0.625. The van der Waals surface area contributed by atoms with Crippen molar-refractivity contribution in [1.29, 1.82) is 0 Å². The van der Waals surface area contributed by atoms with Crippen LogP contribution in [-0.4, -0.2) is 45.4 Å². The summed E-state index contributed by atoms with van der Waals surface area (Å²) >= 11 is 0. The van der Waals surface area contributed by atoms with Crippen molar-refractivity contribution in [3.8, 4) is 17.2 Å². The zero-order valence-corrected chi connectivity index (χ0v) is 13.1. The van der Waals surface area contributed by atoms with Gasteiger partial charge in [0, 0.05) is 13.1 Å². The highest BCUT2D eigenvalue weighted by molar-refractivity contribution is 5.53. The van der Waals surface area contributed by atoms with Gasteiger partial charge in [-0.05, 0) is 43.6 Å². The van der Waals surface area contributed by atoms with Crippen LogP contribution in [0.4, 0.5) is 0 Å². The van der Waals surface area contributed by atoms with Crippen LogP contribution in [0.3, 0.4) is 0 Å². The molecule has 21 heavy (non-hydrogen) atoms. The highest BCUT2D eigenvalue weighted by Crippen LogP contribution is 2.38. The van der Waals surface area contributed by atoms with E-state index in [1.165, 1.54) is 32.4 Å². The molecule has 0 aromatic heterocycles. The predicted octanol–water partition coefficient (Wildman–Crippen LogP) is 2.03. The van der Waals surface area contributed by atoms with Crippen molar-refractivity contribution in [2.75, 3.05) is 40.5 Å². The van der Waals surface area contributed by atoms with Crippen LogP contribution in [0.5, 0.6) is 17.2 Å². The fourth-order valence-corrected chi connectivity index (χ4v) is 2.65. The quantitative estimate of drug-likeness (QED) is 0.834. The van der Waals surface area contributed by atoms with Gasteiger partial charge < -0.3 is 19.9 Å². The summed E-state index contributed by atoms with van der Waals surface area (Å²) in [6, 6.07) is 3.80. The molecule has 0 unspecified atom stereocenters. The number of hydrogen-bond donors (Lipinski definition) is 1. The van der Waals surface area contributed by atoms with E-state index < -0.39 is 0 Å². The maximum atomic E-state index is 5.92. The molecule has 5 nitrogen and oxygen atoms in total. The summed E-state index contributed by atoms with van der Waals surface area (Å²) in [6.07, 6.45) is 3.93. The number of rotatable bonds is 7. The summed E-state index contributed by atoms with van der Waals surface area (Å²) in [5.74, 6) is 2.01. The number of benzene rings is 1. The molecule has 1 fully saturated rings. The summed E-state index contributed by atoms with van der Waals surface area (Å²) < 4.78 is 16.7. The molecular weight excluding hydrogens is 268 g/mol. The van der Waals surface area contributed by atoms with Gasteiger partial charge in [-0.25, -0.2) is 0 Å². The lowest BCUT2D eigenvalue weighted by Gasteiger charge is -2.26. The Morgan fingerprint density at radius 1 is 1.05 bits per heavy atom. The zero-order valence-electron chi connectivity index (χ0n) is 13.1. The predicted molar refractivity (Wildman–Crippen MR) is 83.2 cm³/mol. The molecule has 1 aromatic rings. The molecule has 1 heterocycles. The minimum absolute atomic E-state index is 0.445. The maximum absolute atomic E-state index is 5.92. The average Bonchev–Trinajstić information content (AvgIpc) is 2.55. The van der Waals surface area contributed by atoms with Crippen molar-refractivity contribution in [1.82, 2.24) is 4.90 Å². The first kappa shape index (κ1) is 15.9. The summed E-state index contributed by atoms with van der Waals surface area (Å²) in [5.41, 5.74) is 6.65. The molecule has 1 aromatic carbocycles. The molecule has 1 aliphatic rings. The molecule has 2 N–H and O–H groups in total. The first-order valence-electron chi connectivity index (χ1n) is 7.58. The molecule has 1 saturated heterocycles. The van der Waals surface area contributed by atoms with Gasteiger partial charge in [0.15, 0.2) is 11.5 Å². The minimum Gasteiger partial charge on any atom is -0.493 e. The number of methoxy groups -OCH3 is 2. The standard InChI is InChI=1S/C16H26N2O3/c1-19-14-10-13(12-17)11-15(20-2)16(14)21-9-8-18-6-4-3-5-7-18/h10-11H,3-9,12,17H2,1-2H3. The van der Waals surface area contributed by atoms with Crippen molar-refractivity contribution in [2.45, 2.75) is 25.8 Å². The Hall–Kier alpha value is -1.46. The van der Waals surface area contributed by atoms with Gasteiger partial charge in [-0.2, -0.15) is 0 Å². The first-order chi connectivity index (χ1) is 10.3. The lowest BCUT2D eigenvalue weighted by Crippen LogP contribution is -2.33. The van der Waals surface area contributed by atoms with Crippen molar-refractivity contribution in [2.24, 2.45) is 5.73 Å². The topological polar surface area (TPSA) is 57.0 Å². The molecule has 118 valence electrons. The van der Waals surface area contributed by atoms with E-state index in [-0.39, 0.29) is 0 Å². The Labute approximate surface area is 127 Å². The third-order valence-corrected chi connectivity index (χ3v) is 3.86. The minimum atomic E-state index is 0.445. The second-order valence-corrected chi connectivity index (χ2v) is 5.28. The number of nitrogens with two attached hydrogens (primary N) is 1. The van der Waals surface area contributed by atoms with E-state index in [4.69, 9.17) is 19.9 Å². The van der Waals surface area contributed by atoms with Crippen LogP contribution >= 0.6 is 0 Å². The molecular formula is C16H26N2O3. The van der Waals surface area contributed by atoms with Crippen LogP contribution in [0.1, 0.15) is 24.8 Å². The molecule has 2 rings (SSSR count). The van der Waals surface area contributed by atoms with E-state index in [1.54, 1.807) is 14.2 Å². The fourth-order valence-electron chi connectivity index (χ4n) is 2.65. The van der Waals surface area contributed by atoms with E-state index in [0.717, 1.165) is 12.1 Å². The Morgan fingerprint density at radius 2 is 1.67 bits per heavy atom. The van der Waals surface area contributed by atoms with Crippen molar-refractivity contribution in [3.63, 3.8) is 0 Å². The molecule has 1 aliphatic heterocycles. The molecule has 0 spiro atoms. The summed E-state index contributed by atoms with van der Waals surface area (Å²) in [4.78, 5) is 2.44. The van der Waals surface area contributed by atoms with Gasteiger partial charge in [-0.3, -0.25) is 4.90 Å². The second kappa shape index (κ2) is 8.10. The third kappa shape index (κ3) is 4.25. The van der Waals surface area contributed by atoms with Crippen LogP contribution in [0.2, 0.25) is 0 Å². The van der Waals surface area contributed by atoms with Crippen LogP contribution in [-0.2, 0) is 6.54 Å². The number of nitrogens with zero attached hydrogens (tertiary/aromatic N) is 1. The molecule has 5 heteroatoms. The van der Waals surface area contributed by atoms with Crippen molar-refractivity contribution < 1.29 is 14.2 Å². The SMILES string of the molecule is COc1cc(CN)cc(OC)c1OCCN1CCCCC1. The monoisotopic (exact) mass is 294 g/mol. The Morgan fingerprint density at radius 3 is 2.19 bits per heavy atom. The van der Waals surface area contributed by atoms with Gasteiger partial charge in [-0.1, -0.05) is 6.42 Å². The van der Waals surface area contributed by atoms with E-state index >= 15 is 0 Å². The lowest BCUT2D eigenvalue weighted by atomic mass is 10.1. The molecule has 0 aliphatic carbocycles. The van der Waals surface area contributed by atoms with Gasteiger partial charge in [0.2, 0.25) is 5.75 Å².